The Morgan fingerprint density at radius 1 is 1.28 bits per heavy atom. The Morgan fingerprint density at radius 3 is 2.72 bits per heavy atom. The molecule has 1 aliphatic heterocycles. The van der Waals surface area contributed by atoms with E-state index in [0.29, 0.717) is 36.6 Å². The van der Waals surface area contributed by atoms with Crippen LogP contribution in [0.4, 0.5) is 5.69 Å². The molecule has 1 unspecified atom stereocenters. The Labute approximate surface area is 174 Å². The molecule has 0 radical (unpaired) electrons. The van der Waals surface area contributed by atoms with Crippen molar-refractivity contribution < 1.29 is 23.8 Å². The fourth-order valence-electron chi connectivity index (χ4n) is 2.69. The molecule has 1 atom stereocenters. The molecule has 1 aliphatic rings. The number of nitrogens with zero attached hydrogens (tertiary/aromatic N) is 1. The molecule has 1 N–H and O–H groups in total. The van der Waals surface area contributed by atoms with Crippen LogP contribution in [0.5, 0.6) is 5.88 Å². The molecule has 8 heteroatoms. The average molecular weight is 419 g/mol. The van der Waals surface area contributed by atoms with Crippen LogP contribution in [0.3, 0.4) is 0 Å². The molecule has 1 amide bonds. The number of carbonyl (C=O) groups excluding carboxylic acids is 2. The van der Waals surface area contributed by atoms with Crippen LogP contribution in [0.25, 0.3) is 0 Å². The van der Waals surface area contributed by atoms with Crippen molar-refractivity contribution in [2.24, 2.45) is 0 Å². The summed E-state index contributed by atoms with van der Waals surface area (Å²) in [6.45, 7) is 3.58. The van der Waals surface area contributed by atoms with Gasteiger partial charge in [0.15, 0.2) is 0 Å². The lowest BCUT2D eigenvalue weighted by molar-refractivity contribution is 0.0499. The van der Waals surface area contributed by atoms with Gasteiger partial charge in [-0.2, -0.15) is 0 Å². The lowest BCUT2D eigenvalue weighted by atomic mass is 10.2. The molecule has 0 bridgehead atoms. The van der Waals surface area contributed by atoms with Crippen LogP contribution in [-0.4, -0.2) is 42.8 Å². The van der Waals surface area contributed by atoms with Crippen LogP contribution in [0.15, 0.2) is 36.5 Å². The number of esters is 1. The van der Waals surface area contributed by atoms with E-state index in [0.717, 1.165) is 19.3 Å². The molecule has 3 rings (SSSR count). The number of anilines is 1. The summed E-state index contributed by atoms with van der Waals surface area (Å²) < 4.78 is 16.1. The first-order valence-corrected chi connectivity index (χ1v) is 9.93. The number of benzene rings is 1. The predicted octanol–water partition coefficient (Wildman–Crippen LogP) is 4.11. The van der Waals surface area contributed by atoms with Gasteiger partial charge < -0.3 is 19.5 Å². The van der Waals surface area contributed by atoms with Gasteiger partial charge in [0, 0.05) is 18.3 Å². The molecule has 0 spiro atoms. The van der Waals surface area contributed by atoms with Gasteiger partial charge in [-0.15, -0.1) is 0 Å². The summed E-state index contributed by atoms with van der Waals surface area (Å²) in [4.78, 5) is 28.5. The van der Waals surface area contributed by atoms with E-state index in [9.17, 15) is 9.59 Å². The molecule has 154 valence electrons. The lowest BCUT2D eigenvalue weighted by Crippen LogP contribution is -2.17. The Morgan fingerprint density at radius 2 is 2.07 bits per heavy atom. The van der Waals surface area contributed by atoms with Crippen molar-refractivity contribution in [1.29, 1.82) is 0 Å². The molecule has 1 fully saturated rings. The van der Waals surface area contributed by atoms with Gasteiger partial charge in [-0.3, -0.25) is 4.79 Å². The predicted molar refractivity (Wildman–Crippen MR) is 109 cm³/mol. The Bertz CT molecular complexity index is 851. The zero-order valence-electron chi connectivity index (χ0n) is 16.2. The number of rotatable bonds is 8. The largest absolute Gasteiger partial charge is 0.471 e. The highest BCUT2D eigenvalue weighted by atomic mass is 35.5. The number of halogens is 1. The van der Waals surface area contributed by atoms with Crippen LogP contribution in [0, 0.1) is 0 Å². The van der Waals surface area contributed by atoms with E-state index in [1.54, 1.807) is 24.3 Å². The summed E-state index contributed by atoms with van der Waals surface area (Å²) in [7, 11) is 0. The average Bonchev–Trinajstić information content (AvgIpc) is 3.23. The molecule has 1 saturated heterocycles. The number of ether oxygens (including phenoxy) is 3. The van der Waals surface area contributed by atoms with Crippen molar-refractivity contribution >= 4 is 29.2 Å². The fraction of sp³-hybridized carbons (Fsp3) is 0.381. The van der Waals surface area contributed by atoms with Gasteiger partial charge in [-0.25, -0.2) is 9.78 Å². The van der Waals surface area contributed by atoms with Crippen molar-refractivity contribution in [1.82, 2.24) is 4.98 Å². The molecule has 0 saturated carbocycles. The third kappa shape index (κ3) is 5.92. The van der Waals surface area contributed by atoms with Gasteiger partial charge >= 0.3 is 5.97 Å². The first kappa shape index (κ1) is 21.1. The summed E-state index contributed by atoms with van der Waals surface area (Å²) in [5, 5.41) is 3.00. The van der Waals surface area contributed by atoms with E-state index in [2.05, 4.69) is 10.3 Å². The molecule has 2 aromatic rings. The first-order valence-electron chi connectivity index (χ1n) is 9.55. The van der Waals surface area contributed by atoms with Crippen LogP contribution in [0.2, 0.25) is 5.02 Å². The van der Waals surface area contributed by atoms with E-state index < -0.39 is 0 Å². The Hall–Kier alpha value is -2.64. The summed E-state index contributed by atoms with van der Waals surface area (Å²) in [5.41, 5.74) is 1.27. The third-order valence-corrected chi connectivity index (χ3v) is 4.62. The highest BCUT2D eigenvalue weighted by molar-refractivity contribution is 6.32. The first-order chi connectivity index (χ1) is 14.1. The van der Waals surface area contributed by atoms with E-state index in [1.165, 1.54) is 12.3 Å². The maximum absolute atomic E-state index is 12.5. The molecular formula is C21H23ClN2O5. The van der Waals surface area contributed by atoms with E-state index in [1.807, 2.05) is 6.92 Å². The molecule has 2 heterocycles. The van der Waals surface area contributed by atoms with Crippen LogP contribution >= 0.6 is 11.6 Å². The van der Waals surface area contributed by atoms with Gasteiger partial charge in [0.05, 0.1) is 30.9 Å². The molecule has 1 aromatic carbocycles. The fourth-order valence-corrected chi connectivity index (χ4v) is 2.90. The van der Waals surface area contributed by atoms with Crippen molar-refractivity contribution in [2.45, 2.75) is 32.3 Å². The third-order valence-electron chi connectivity index (χ3n) is 4.35. The minimum Gasteiger partial charge on any atom is -0.471 e. The normalized spacial score (nSPS) is 15.7. The quantitative estimate of drug-likeness (QED) is 0.512. The number of hydrogen-bond acceptors (Lipinski definition) is 6. The molecular weight excluding hydrogens is 396 g/mol. The zero-order valence-corrected chi connectivity index (χ0v) is 16.9. The number of hydrogen-bond donors (Lipinski definition) is 1. The molecule has 29 heavy (non-hydrogen) atoms. The Kier molecular flexibility index (Phi) is 7.43. The topological polar surface area (TPSA) is 86.8 Å². The number of nitrogens with one attached hydrogen (secondary N) is 1. The summed E-state index contributed by atoms with van der Waals surface area (Å²) in [6.07, 6.45) is 3.90. The van der Waals surface area contributed by atoms with Crippen LogP contribution in [-0.2, 0) is 9.47 Å². The van der Waals surface area contributed by atoms with E-state index in [-0.39, 0.29) is 28.9 Å². The summed E-state index contributed by atoms with van der Waals surface area (Å²) in [5.74, 6) is -0.464. The minimum absolute atomic E-state index is 0.0770. The summed E-state index contributed by atoms with van der Waals surface area (Å²) >= 11 is 6.20. The highest BCUT2D eigenvalue weighted by Crippen LogP contribution is 2.25. The maximum Gasteiger partial charge on any atom is 0.338 e. The number of carbonyl (C=O) groups is 2. The van der Waals surface area contributed by atoms with E-state index in [4.69, 9.17) is 25.8 Å². The maximum atomic E-state index is 12.5. The highest BCUT2D eigenvalue weighted by Gasteiger charge is 2.20. The van der Waals surface area contributed by atoms with Crippen molar-refractivity contribution in [3.63, 3.8) is 0 Å². The van der Waals surface area contributed by atoms with E-state index >= 15 is 0 Å². The Balaban J connectivity index is 1.58. The SMILES string of the molecule is CCCCOC(=O)c1ccc(NC(=O)c2cnc(OC3CCOC3)c(Cl)c2)cc1. The second-order valence-electron chi connectivity index (χ2n) is 6.64. The monoisotopic (exact) mass is 418 g/mol. The second kappa shape index (κ2) is 10.2. The van der Waals surface area contributed by atoms with Gasteiger partial charge in [0.25, 0.3) is 5.91 Å². The second-order valence-corrected chi connectivity index (χ2v) is 7.04. The molecule has 1 aromatic heterocycles. The van der Waals surface area contributed by atoms with Gasteiger partial charge in [0.1, 0.15) is 11.1 Å². The van der Waals surface area contributed by atoms with Crippen molar-refractivity contribution in [3.8, 4) is 5.88 Å². The van der Waals surface area contributed by atoms with Gasteiger partial charge in [-0.1, -0.05) is 24.9 Å². The molecule has 7 nitrogen and oxygen atoms in total. The lowest BCUT2D eigenvalue weighted by Gasteiger charge is -2.12. The van der Waals surface area contributed by atoms with Crippen molar-refractivity contribution in [3.05, 3.63) is 52.7 Å². The van der Waals surface area contributed by atoms with Gasteiger partial charge in [-0.05, 0) is 36.8 Å². The van der Waals surface area contributed by atoms with Crippen LogP contribution < -0.4 is 10.1 Å². The smallest absolute Gasteiger partial charge is 0.338 e. The van der Waals surface area contributed by atoms with Crippen LogP contribution in [0.1, 0.15) is 46.9 Å². The summed E-state index contributed by atoms with van der Waals surface area (Å²) in [6, 6.07) is 8.00. The number of amides is 1. The number of pyridine rings is 1. The van der Waals surface area contributed by atoms with Crippen molar-refractivity contribution in [2.75, 3.05) is 25.1 Å². The molecule has 0 aliphatic carbocycles. The van der Waals surface area contributed by atoms with Gasteiger partial charge in [0.2, 0.25) is 5.88 Å². The standard InChI is InChI=1S/C21H23ClN2O5/c1-2-3-9-28-21(26)14-4-6-16(7-5-14)24-19(25)15-11-18(22)20(23-12-15)29-17-8-10-27-13-17/h4-7,11-12,17H,2-3,8-10,13H2,1H3,(H,24,25). The number of aromatic nitrogens is 1. The minimum atomic E-state index is -0.379. The number of unbranched alkanes of at least 4 members (excludes halogenated alkanes) is 1. The zero-order chi connectivity index (χ0) is 20.6.